The van der Waals surface area contributed by atoms with E-state index < -0.39 is 16.0 Å². The van der Waals surface area contributed by atoms with Gasteiger partial charge in [0.05, 0.1) is 7.11 Å². The summed E-state index contributed by atoms with van der Waals surface area (Å²) in [6.45, 7) is 7.46. The van der Waals surface area contributed by atoms with Crippen molar-refractivity contribution in [1.29, 1.82) is 0 Å². The number of carbonyl (C=O) groups is 1. The van der Waals surface area contributed by atoms with Gasteiger partial charge in [-0.15, -0.1) is 17.9 Å². The van der Waals surface area contributed by atoms with Gasteiger partial charge in [-0.05, 0) is 17.9 Å². The highest BCUT2D eigenvalue weighted by atomic mass is 32.2. The van der Waals surface area contributed by atoms with E-state index in [9.17, 15) is 13.2 Å². The number of esters is 1. The molecule has 0 atom stereocenters. The van der Waals surface area contributed by atoms with Gasteiger partial charge in [0.1, 0.15) is 9.77 Å². The normalized spacial score (nSPS) is 11.6. The molecule has 0 spiro atoms. The monoisotopic (exact) mass is 303 g/mol. The number of nitrogens with zero attached hydrogens (tertiary/aromatic N) is 1. The number of thiophene rings is 1. The smallest absolute Gasteiger partial charge is 0.349 e. The van der Waals surface area contributed by atoms with Gasteiger partial charge in [-0.3, -0.25) is 0 Å². The van der Waals surface area contributed by atoms with Crippen molar-refractivity contribution < 1.29 is 17.9 Å². The second kappa shape index (κ2) is 6.31. The number of sulfonamides is 1. The van der Waals surface area contributed by atoms with E-state index in [1.807, 2.05) is 0 Å². The summed E-state index contributed by atoms with van der Waals surface area (Å²) < 4.78 is 31.0. The van der Waals surface area contributed by atoms with E-state index >= 15 is 0 Å². The number of rotatable bonds is 6. The van der Waals surface area contributed by atoms with Gasteiger partial charge in [-0.2, -0.15) is 4.31 Å². The van der Waals surface area contributed by atoms with Crippen molar-refractivity contribution in [1.82, 2.24) is 4.31 Å². The van der Waals surface area contributed by atoms with Gasteiger partial charge in [-0.1, -0.05) is 13.0 Å². The summed E-state index contributed by atoms with van der Waals surface area (Å²) in [7, 11) is -2.48. The largest absolute Gasteiger partial charge is 0.465 e. The first-order valence-corrected chi connectivity index (χ1v) is 7.99. The molecule has 0 aliphatic carbocycles. The average molecular weight is 303 g/mol. The zero-order valence-electron chi connectivity index (χ0n) is 11.2. The highest BCUT2D eigenvalue weighted by Gasteiger charge is 2.31. The van der Waals surface area contributed by atoms with E-state index in [1.54, 1.807) is 19.2 Å². The zero-order chi connectivity index (χ0) is 14.6. The molecule has 0 aromatic carbocycles. The predicted molar refractivity (Wildman–Crippen MR) is 75.0 cm³/mol. The third kappa shape index (κ3) is 3.05. The number of methoxy groups -OCH3 is 1. The molecular formula is C12H17NO4S2. The zero-order valence-corrected chi connectivity index (χ0v) is 12.8. The SMILES string of the molecule is C=CCN(CC)S(=O)(=O)c1c(C)csc1C(=O)OC. The summed E-state index contributed by atoms with van der Waals surface area (Å²) in [5, 5.41) is 1.64. The fourth-order valence-corrected chi connectivity index (χ4v) is 4.74. The van der Waals surface area contributed by atoms with Gasteiger partial charge >= 0.3 is 5.97 Å². The van der Waals surface area contributed by atoms with Crippen LogP contribution in [-0.4, -0.2) is 38.9 Å². The number of ether oxygens (including phenoxy) is 1. The van der Waals surface area contributed by atoms with Crippen LogP contribution in [0.5, 0.6) is 0 Å². The highest BCUT2D eigenvalue weighted by molar-refractivity contribution is 7.89. The van der Waals surface area contributed by atoms with E-state index in [0.717, 1.165) is 11.3 Å². The lowest BCUT2D eigenvalue weighted by molar-refractivity contribution is 0.0602. The molecule has 1 aromatic heterocycles. The van der Waals surface area contributed by atoms with Crippen LogP contribution < -0.4 is 0 Å². The van der Waals surface area contributed by atoms with Crippen molar-refractivity contribution in [3.05, 3.63) is 28.5 Å². The molecule has 0 amide bonds. The van der Waals surface area contributed by atoms with Crippen molar-refractivity contribution in [2.75, 3.05) is 20.2 Å². The Morgan fingerprint density at radius 2 is 2.21 bits per heavy atom. The average Bonchev–Trinajstić information content (AvgIpc) is 2.77. The lowest BCUT2D eigenvalue weighted by atomic mass is 10.3. The topological polar surface area (TPSA) is 63.7 Å². The van der Waals surface area contributed by atoms with Crippen molar-refractivity contribution in [3.63, 3.8) is 0 Å². The van der Waals surface area contributed by atoms with E-state index in [-0.39, 0.29) is 16.3 Å². The maximum absolute atomic E-state index is 12.6. The fraction of sp³-hybridized carbons (Fsp3) is 0.417. The number of carbonyl (C=O) groups excluding carboxylic acids is 1. The third-order valence-corrected chi connectivity index (χ3v) is 5.91. The Balaban J connectivity index is 3.39. The standard InChI is InChI=1S/C12H17NO4S2/c1-5-7-13(6-2)19(15,16)11-9(3)8-18-10(11)12(14)17-4/h5,8H,1,6-7H2,2-4H3. The molecule has 0 aliphatic rings. The van der Waals surface area contributed by atoms with Gasteiger partial charge < -0.3 is 4.74 Å². The van der Waals surface area contributed by atoms with E-state index in [2.05, 4.69) is 11.3 Å². The molecule has 5 nitrogen and oxygen atoms in total. The van der Waals surface area contributed by atoms with Gasteiger partial charge in [0.15, 0.2) is 0 Å². The van der Waals surface area contributed by atoms with E-state index in [1.165, 1.54) is 17.5 Å². The first-order valence-electron chi connectivity index (χ1n) is 5.67. The van der Waals surface area contributed by atoms with Crippen LogP contribution in [0.4, 0.5) is 0 Å². The minimum atomic E-state index is -3.71. The molecule has 0 N–H and O–H groups in total. The summed E-state index contributed by atoms with van der Waals surface area (Å²) >= 11 is 1.08. The van der Waals surface area contributed by atoms with Crippen molar-refractivity contribution in [3.8, 4) is 0 Å². The lowest BCUT2D eigenvalue weighted by Crippen LogP contribution is -2.32. The summed E-state index contributed by atoms with van der Waals surface area (Å²) in [4.78, 5) is 11.8. The second-order valence-electron chi connectivity index (χ2n) is 3.81. The predicted octanol–water partition coefficient (Wildman–Crippen LogP) is 2.04. The molecule has 0 saturated carbocycles. The molecule has 0 bridgehead atoms. The van der Waals surface area contributed by atoms with E-state index in [4.69, 9.17) is 0 Å². The minimum absolute atomic E-state index is 0.0352. The molecule has 7 heteroatoms. The molecule has 0 saturated heterocycles. The van der Waals surface area contributed by atoms with E-state index in [0.29, 0.717) is 12.1 Å². The molecule has 19 heavy (non-hydrogen) atoms. The van der Waals surface area contributed by atoms with Crippen LogP contribution in [0, 0.1) is 6.92 Å². The second-order valence-corrected chi connectivity index (χ2v) is 6.57. The van der Waals surface area contributed by atoms with Gasteiger partial charge in [0, 0.05) is 13.1 Å². The fourth-order valence-electron chi connectivity index (χ4n) is 1.66. The molecule has 1 rings (SSSR count). The Morgan fingerprint density at radius 1 is 1.58 bits per heavy atom. The highest BCUT2D eigenvalue weighted by Crippen LogP contribution is 2.30. The third-order valence-electron chi connectivity index (χ3n) is 2.57. The maximum atomic E-state index is 12.6. The molecule has 0 radical (unpaired) electrons. The Morgan fingerprint density at radius 3 is 2.68 bits per heavy atom. The quantitative estimate of drug-likeness (QED) is 0.596. The van der Waals surface area contributed by atoms with Crippen LogP contribution in [0.3, 0.4) is 0 Å². The lowest BCUT2D eigenvalue weighted by Gasteiger charge is -2.19. The van der Waals surface area contributed by atoms with Crippen molar-refractivity contribution in [2.24, 2.45) is 0 Å². The maximum Gasteiger partial charge on any atom is 0.349 e. The van der Waals surface area contributed by atoms with Crippen molar-refractivity contribution in [2.45, 2.75) is 18.7 Å². The molecular weight excluding hydrogens is 286 g/mol. The van der Waals surface area contributed by atoms with Gasteiger partial charge in [0.2, 0.25) is 10.0 Å². The van der Waals surface area contributed by atoms with Crippen LogP contribution in [0.25, 0.3) is 0 Å². The Kier molecular flexibility index (Phi) is 5.28. The van der Waals surface area contributed by atoms with Crippen LogP contribution in [0.2, 0.25) is 0 Å². The summed E-state index contributed by atoms with van der Waals surface area (Å²) in [5.41, 5.74) is 0.549. The Bertz CT molecular complexity index is 575. The molecule has 0 aliphatic heterocycles. The first kappa shape index (κ1) is 15.9. The first-order chi connectivity index (χ1) is 8.89. The van der Waals surface area contributed by atoms with Crippen LogP contribution in [-0.2, 0) is 14.8 Å². The molecule has 1 heterocycles. The van der Waals surface area contributed by atoms with Gasteiger partial charge in [-0.25, -0.2) is 13.2 Å². The Hall–Kier alpha value is -1.18. The molecule has 0 fully saturated rings. The summed E-state index contributed by atoms with van der Waals surface area (Å²) in [6, 6.07) is 0. The van der Waals surface area contributed by atoms with Crippen LogP contribution >= 0.6 is 11.3 Å². The number of hydrogen-bond donors (Lipinski definition) is 0. The molecule has 1 aromatic rings. The van der Waals surface area contributed by atoms with Crippen LogP contribution in [0.15, 0.2) is 22.9 Å². The Labute approximate surface area is 117 Å². The number of hydrogen-bond acceptors (Lipinski definition) is 5. The number of aryl methyl sites for hydroxylation is 1. The minimum Gasteiger partial charge on any atom is -0.465 e. The van der Waals surface area contributed by atoms with Crippen LogP contribution in [0.1, 0.15) is 22.2 Å². The molecule has 106 valence electrons. The molecule has 0 unspecified atom stereocenters. The summed E-state index contributed by atoms with van der Waals surface area (Å²) in [6.07, 6.45) is 1.51. The van der Waals surface area contributed by atoms with Crippen molar-refractivity contribution >= 4 is 27.3 Å². The summed E-state index contributed by atoms with van der Waals surface area (Å²) in [5.74, 6) is -0.633. The number of likely N-dealkylation sites (N-methyl/N-ethyl adjacent to an activating group) is 1. The van der Waals surface area contributed by atoms with Gasteiger partial charge in [0.25, 0.3) is 0 Å².